The second-order valence-electron chi connectivity index (χ2n) is 6.84. The monoisotopic (exact) mass is 378 g/mol. The third-order valence-corrected chi connectivity index (χ3v) is 4.56. The lowest BCUT2D eigenvalue weighted by Gasteiger charge is -2.23. The van der Waals surface area contributed by atoms with E-state index < -0.39 is 12.0 Å². The summed E-state index contributed by atoms with van der Waals surface area (Å²) in [5.74, 6) is -0.390. The second-order valence-corrected chi connectivity index (χ2v) is 6.84. The van der Waals surface area contributed by atoms with E-state index >= 15 is 0 Å². The van der Waals surface area contributed by atoms with Crippen LogP contribution in [0.25, 0.3) is 11.0 Å². The van der Waals surface area contributed by atoms with Crippen molar-refractivity contribution in [3.63, 3.8) is 0 Å². The molecule has 7 heteroatoms. The summed E-state index contributed by atoms with van der Waals surface area (Å²) in [5.41, 5.74) is 2.73. The molecule has 3 aromatic rings. The number of hydrogen-bond donors (Lipinski definition) is 2. The SMILES string of the molecule is Cc1cc(C)c2c(=O)cc(C(=O)Nc3ccc4c(c3)NC(=O)C(C)O4)oc2c1. The van der Waals surface area contributed by atoms with Gasteiger partial charge >= 0.3 is 0 Å². The van der Waals surface area contributed by atoms with Crippen molar-refractivity contribution in [2.24, 2.45) is 0 Å². The fourth-order valence-corrected chi connectivity index (χ4v) is 3.26. The second kappa shape index (κ2) is 6.53. The van der Waals surface area contributed by atoms with E-state index in [4.69, 9.17) is 9.15 Å². The zero-order valence-corrected chi connectivity index (χ0v) is 15.6. The number of hydrogen-bond acceptors (Lipinski definition) is 5. The van der Waals surface area contributed by atoms with E-state index in [2.05, 4.69) is 10.6 Å². The fourth-order valence-electron chi connectivity index (χ4n) is 3.26. The molecule has 0 saturated carbocycles. The van der Waals surface area contributed by atoms with Gasteiger partial charge in [-0.1, -0.05) is 6.07 Å². The zero-order valence-electron chi connectivity index (χ0n) is 15.6. The molecule has 0 radical (unpaired) electrons. The van der Waals surface area contributed by atoms with Crippen molar-refractivity contribution in [1.82, 2.24) is 0 Å². The molecule has 2 aromatic carbocycles. The molecule has 142 valence electrons. The molecule has 2 N–H and O–H groups in total. The molecule has 2 amide bonds. The Morgan fingerprint density at radius 2 is 1.89 bits per heavy atom. The van der Waals surface area contributed by atoms with Crippen LogP contribution in [0.15, 0.2) is 45.6 Å². The van der Waals surface area contributed by atoms with Crippen molar-refractivity contribution in [2.45, 2.75) is 26.9 Å². The average Bonchev–Trinajstić information content (AvgIpc) is 2.62. The van der Waals surface area contributed by atoms with Crippen LogP contribution in [-0.4, -0.2) is 17.9 Å². The van der Waals surface area contributed by atoms with E-state index in [0.29, 0.717) is 28.1 Å². The molecule has 1 aliphatic heterocycles. The summed E-state index contributed by atoms with van der Waals surface area (Å²) in [6.07, 6.45) is -0.577. The number of rotatable bonds is 2. The number of aryl methyl sites for hydroxylation is 2. The molecule has 4 rings (SSSR count). The molecular formula is C21H18N2O5. The van der Waals surface area contributed by atoms with Crippen LogP contribution in [0, 0.1) is 13.8 Å². The zero-order chi connectivity index (χ0) is 20.0. The normalized spacial score (nSPS) is 15.5. The Morgan fingerprint density at radius 1 is 1.11 bits per heavy atom. The highest BCUT2D eigenvalue weighted by molar-refractivity contribution is 6.04. The van der Waals surface area contributed by atoms with Crippen molar-refractivity contribution in [1.29, 1.82) is 0 Å². The summed E-state index contributed by atoms with van der Waals surface area (Å²) < 4.78 is 11.2. The Balaban J connectivity index is 1.65. The van der Waals surface area contributed by atoms with E-state index in [1.165, 1.54) is 6.07 Å². The number of fused-ring (bicyclic) bond motifs is 2. The molecular weight excluding hydrogens is 360 g/mol. The maximum Gasteiger partial charge on any atom is 0.291 e. The summed E-state index contributed by atoms with van der Waals surface area (Å²) in [5, 5.41) is 5.86. The van der Waals surface area contributed by atoms with Gasteiger partial charge in [0.25, 0.3) is 11.8 Å². The van der Waals surface area contributed by atoms with E-state index in [9.17, 15) is 14.4 Å². The largest absolute Gasteiger partial charge is 0.479 e. The average molecular weight is 378 g/mol. The molecule has 1 atom stereocenters. The minimum atomic E-state index is -0.577. The lowest BCUT2D eigenvalue weighted by molar-refractivity contribution is -0.122. The van der Waals surface area contributed by atoms with E-state index in [-0.39, 0.29) is 17.1 Å². The Kier molecular flexibility index (Phi) is 4.15. The smallest absolute Gasteiger partial charge is 0.291 e. The highest BCUT2D eigenvalue weighted by Gasteiger charge is 2.24. The first-order chi connectivity index (χ1) is 13.3. The fraction of sp³-hybridized carbons (Fsp3) is 0.190. The Labute approximate surface area is 160 Å². The van der Waals surface area contributed by atoms with Gasteiger partial charge in [0, 0.05) is 11.8 Å². The third-order valence-electron chi connectivity index (χ3n) is 4.56. The number of amides is 2. The summed E-state index contributed by atoms with van der Waals surface area (Å²) >= 11 is 0. The Hall–Kier alpha value is -3.61. The molecule has 0 bridgehead atoms. The van der Waals surface area contributed by atoms with Crippen molar-refractivity contribution in [2.75, 3.05) is 10.6 Å². The van der Waals surface area contributed by atoms with Crippen LogP contribution in [0.2, 0.25) is 0 Å². The van der Waals surface area contributed by atoms with Crippen LogP contribution in [0.5, 0.6) is 5.75 Å². The molecule has 0 spiro atoms. The molecule has 1 unspecified atom stereocenters. The van der Waals surface area contributed by atoms with E-state index in [1.54, 1.807) is 31.2 Å². The van der Waals surface area contributed by atoms with Crippen molar-refractivity contribution in [3.05, 3.63) is 63.5 Å². The van der Waals surface area contributed by atoms with Gasteiger partial charge in [-0.3, -0.25) is 14.4 Å². The minimum Gasteiger partial charge on any atom is -0.479 e. The first kappa shape index (κ1) is 17.8. The lowest BCUT2D eigenvalue weighted by atomic mass is 10.1. The summed E-state index contributed by atoms with van der Waals surface area (Å²) in [4.78, 5) is 36.8. The summed E-state index contributed by atoms with van der Waals surface area (Å²) in [7, 11) is 0. The van der Waals surface area contributed by atoms with Gasteiger partial charge in [-0.2, -0.15) is 0 Å². The molecule has 1 aliphatic rings. The predicted octanol–water partition coefficient (Wildman–Crippen LogP) is 3.38. The van der Waals surface area contributed by atoms with Crippen LogP contribution >= 0.6 is 0 Å². The van der Waals surface area contributed by atoms with Crippen molar-refractivity contribution in [3.8, 4) is 5.75 Å². The van der Waals surface area contributed by atoms with Gasteiger partial charge in [0.1, 0.15) is 11.3 Å². The first-order valence-corrected chi connectivity index (χ1v) is 8.80. The molecule has 0 saturated heterocycles. The summed E-state index contributed by atoms with van der Waals surface area (Å²) in [6, 6.07) is 9.70. The van der Waals surface area contributed by atoms with E-state index in [0.717, 1.165) is 11.1 Å². The Bertz CT molecular complexity index is 1200. The van der Waals surface area contributed by atoms with Crippen LogP contribution < -0.4 is 20.8 Å². The molecule has 0 aliphatic carbocycles. The molecule has 7 nitrogen and oxygen atoms in total. The van der Waals surface area contributed by atoms with Gasteiger partial charge < -0.3 is 19.8 Å². The molecule has 2 heterocycles. The Morgan fingerprint density at radius 3 is 2.68 bits per heavy atom. The maximum absolute atomic E-state index is 12.6. The molecule has 0 fully saturated rings. The van der Waals surface area contributed by atoms with Crippen LogP contribution in [0.1, 0.15) is 28.6 Å². The highest BCUT2D eigenvalue weighted by Crippen LogP contribution is 2.32. The predicted molar refractivity (Wildman–Crippen MR) is 105 cm³/mol. The van der Waals surface area contributed by atoms with Gasteiger partial charge in [-0.25, -0.2) is 0 Å². The summed E-state index contributed by atoms with van der Waals surface area (Å²) in [6.45, 7) is 5.37. The van der Waals surface area contributed by atoms with Gasteiger partial charge in [0.2, 0.25) is 0 Å². The molecule has 1 aromatic heterocycles. The van der Waals surface area contributed by atoms with Gasteiger partial charge in [0.05, 0.1) is 11.1 Å². The number of benzene rings is 2. The van der Waals surface area contributed by atoms with Gasteiger partial charge in [-0.15, -0.1) is 0 Å². The van der Waals surface area contributed by atoms with Gasteiger partial charge in [0.15, 0.2) is 17.3 Å². The highest BCUT2D eigenvalue weighted by atomic mass is 16.5. The maximum atomic E-state index is 12.6. The lowest BCUT2D eigenvalue weighted by Crippen LogP contribution is -2.34. The number of nitrogens with one attached hydrogen (secondary N) is 2. The van der Waals surface area contributed by atoms with Gasteiger partial charge in [-0.05, 0) is 56.2 Å². The number of anilines is 2. The third kappa shape index (κ3) is 3.11. The van der Waals surface area contributed by atoms with Crippen LogP contribution in [-0.2, 0) is 4.79 Å². The number of carbonyl (C=O) groups is 2. The molecule has 28 heavy (non-hydrogen) atoms. The van der Waals surface area contributed by atoms with Crippen LogP contribution in [0.4, 0.5) is 11.4 Å². The minimum absolute atomic E-state index is 0.0888. The number of ether oxygens (including phenoxy) is 1. The van der Waals surface area contributed by atoms with Crippen molar-refractivity contribution >= 4 is 34.2 Å². The number of carbonyl (C=O) groups excluding carboxylic acids is 2. The van der Waals surface area contributed by atoms with Crippen molar-refractivity contribution < 1.29 is 18.7 Å². The standard InChI is InChI=1S/C21H18N2O5/c1-10-6-11(2)19-15(24)9-18(28-17(19)7-10)21(26)22-13-4-5-16-14(8-13)23-20(25)12(3)27-16/h4-9,12H,1-3H3,(H,22,26)(H,23,25). The van der Waals surface area contributed by atoms with E-state index in [1.807, 2.05) is 19.9 Å². The van der Waals surface area contributed by atoms with Crippen LogP contribution in [0.3, 0.4) is 0 Å². The topological polar surface area (TPSA) is 97.6 Å². The first-order valence-electron chi connectivity index (χ1n) is 8.80. The quantitative estimate of drug-likeness (QED) is 0.712.